The molecular formula is C17H12BrF6N3S. The van der Waals surface area contributed by atoms with E-state index in [-0.39, 0.29) is 5.17 Å². The van der Waals surface area contributed by atoms with Gasteiger partial charge in [0.05, 0.1) is 17.3 Å². The van der Waals surface area contributed by atoms with Crippen LogP contribution < -0.4 is 5.73 Å². The van der Waals surface area contributed by atoms with Gasteiger partial charge in [0.1, 0.15) is 0 Å². The number of alkyl halides is 6. The van der Waals surface area contributed by atoms with E-state index in [1.54, 1.807) is 0 Å². The molecule has 0 aromatic heterocycles. The molecule has 0 fully saturated rings. The first-order valence-corrected chi connectivity index (χ1v) is 9.27. The van der Waals surface area contributed by atoms with Crippen molar-refractivity contribution >= 4 is 39.1 Å². The molecular weight excluding hydrogens is 472 g/mol. The van der Waals surface area contributed by atoms with Gasteiger partial charge in [0.2, 0.25) is 0 Å². The predicted octanol–water partition coefficient (Wildman–Crippen LogP) is 6.07. The Labute approximate surface area is 168 Å². The lowest BCUT2D eigenvalue weighted by Crippen LogP contribution is -2.13. The first kappa shape index (κ1) is 22.3. The van der Waals surface area contributed by atoms with Gasteiger partial charge in [-0.05, 0) is 17.7 Å². The molecule has 2 aromatic rings. The Morgan fingerprint density at radius 3 is 2.18 bits per heavy atom. The molecule has 2 N–H and O–H groups in total. The van der Waals surface area contributed by atoms with Crippen molar-refractivity contribution in [1.29, 1.82) is 0 Å². The van der Waals surface area contributed by atoms with Gasteiger partial charge >= 0.3 is 12.4 Å². The normalized spacial score (nSPS) is 13.3. The van der Waals surface area contributed by atoms with Crippen molar-refractivity contribution in [2.45, 2.75) is 18.1 Å². The standard InChI is InChI=1S/C17H12BrF6N3S/c18-14-7-12(16(19,20)21)11(6-13(14)17(22,23)24)8-26-27-15(25)28-9-10-4-2-1-3-5-10/h1-8H,9H2,(H2,25,27). The SMILES string of the molecule is NC(=NN=Cc1cc(C(F)(F)F)c(Br)cc1C(F)(F)F)SCc1ccccc1. The second kappa shape index (κ2) is 8.99. The Morgan fingerprint density at radius 1 is 1.00 bits per heavy atom. The summed E-state index contributed by atoms with van der Waals surface area (Å²) < 4.78 is 77.5. The van der Waals surface area contributed by atoms with Crippen molar-refractivity contribution in [2.24, 2.45) is 15.9 Å². The van der Waals surface area contributed by atoms with Crippen LogP contribution in [0, 0.1) is 0 Å². The molecule has 2 rings (SSSR count). The van der Waals surface area contributed by atoms with Crippen molar-refractivity contribution in [3.8, 4) is 0 Å². The molecule has 0 unspecified atom stereocenters. The third kappa shape index (κ3) is 6.26. The Morgan fingerprint density at radius 2 is 1.61 bits per heavy atom. The van der Waals surface area contributed by atoms with Crippen LogP contribution in [0.3, 0.4) is 0 Å². The molecule has 0 atom stereocenters. The second-order valence-corrected chi connectivity index (χ2v) is 7.22. The van der Waals surface area contributed by atoms with Crippen LogP contribution in [-0.2, 0) is 18.1 Å². The smallest absolute Gasteiger partial charge is 0.377 e. The molecule has 0 spiro atoms. The zero-order valence-corrected chi connectivity index (χ0v) is 16.3. The van der Waals surface area contributed by atoms with Crippen molar-refractivity contribution in [2.75, 3.05) is 0 Å². The molecule has 11 heteroatoms. The fourth-order valence-corrected chi connectivity index (χ4v) is 3.25. The summed E-state index contributed by atoms with van der Waals surface area (Å²) in [4.78, 5) is 0. The average molecular weight is 484 g/mol. The van der Waals surface area contributed by atoms with E-state index in [2.05, 4.69) is 26.1 Å². The average Bonchev–Trinajstić information content (AvgIpc) is 2.60. The summed E-state index contributed by atoms with van der Waals surface area (Å²) >= 11 is 3.62. The maximum atomic E-state index is 13.1. The monoisotopic (exact) mass is 483 g/mol. The van der Waals surface area contributed by atoms with Crippen molar-refractivity contribution < 1.29 is 26.3 Å². The maximum absolute atomic E-state index is 13.1. The molecule has 0 bridgehead atoms. The molecule has 0 aliphatic heterocycles. The number of hydrogen-bond donors (Lipinski definition) is 1. The van der Waals surface area contributed by atoms with Crippen molar-refractivity contribution in [1.82, 2.24) is 0 Å². The van der Waals surface area contributed by atoms with Crippen molar-refractivity contribution in [3.05, 3.63) is 69.2 Å². The van der Waals surface area contributed by atoms with E-state index in [0.717, 1.165) is 17.3 Å². The van der Waals surface area contributed by atoms with Gasteiger partial charge < -0.3 is 5.73 Å². The summed E-state index contributed by atoms with van der Waals surface area (Å²) in [6, 6.07) is 9.90. The van der Waals surface area contributed by atoms with Crippen LogP contribution >= 0.6 is 27.7 Å². The second-order valence-electron chi connectivity index (χ2n) is 5.37. The number of halogens is 7. The highest BCUT2D eigenvalue weighted by molar-refractivity contribution is 9.10. The summed E-state index contributed by atoms with van der Waals surface area (Å²) in [7, 11) is 0. The molecule has 0 aliphatic carbocycles. The molecule has 0 heterocycles. The van der Waals surface area contributed by atoms with Crippen molar-refractivity contribution in [3.63, 3.8) is 0 Å². The summed E-state index contributed by atoms with van der Waals surface area (Å²) in [6.07, 6.45) is -9.11. The Bertz CT molecular complexity index is 879. The van der Waals surface area contributed by atoms with Gasteiger partial charge in [0.25, 0.3) is 0 Å². The van der Waals surface area contributed by atoms with Crippen LogP contribution in [0.15, 0.2) is 57.1 Å². The fourth-order valence-electron chi connectivity index (χ4n) is 2.07. The molecule has 0 aliphatic rings. The highest BCUT2D eigenvalue weighted by Crippen LogP contribution is 2.40. The van der Waals surface area contributed by atoms with Gasteiger partial charge in [-0.1, -0.05) is 58.0 Å². The van der Waals surface area contributed by atoms with E-state index in [1.807, 2.05) is 30.3 Å². The Kier molecular flexibility index (Phi) is 7.16. The summed E-state index contributed by atoms with van der Waals surface area (Å²) in [5, 5.41) is 6.91. The molecule has 3 nitrogen and oxygen atoms in total. The van der Waals surface area contributed by atoms with Crippen LogP contribution in [0.2, 0.25) is 0 Å². The summed E-state index contributed by atoms with van der Waals surface area (Å²) in [5.41, 5.74) is 3.26. The molecule has 28 heavy (non-hydrogen) atoms. The lowest BCUT2D eigenvalue weighted by atomic mass is 10.0. The molecule has 0 saturated carbocycles. The third-order valence-electron chi connectivity index (χ3n) is 3.33. The van der Waals surface area contributed by atoms with Gasteiger partial charge in [-0.15, -0.1) is 5.10 Å². The number of thioether (sulfide) groups is 1. The first-order chi connectivity index (χ1) is 13.0. The van der Waals surface area contributed by atoms with Gasteiger partial charge in [0.15, 0.2) is 5.17 Å². The number of nitrogens with zero attached hydrogens (tertiary/aromatic N) is 2. The Balaban J connectivity index is 2.25. The highest BCUT2D eigenvalue weighted by atomic mass is 79.9. The van der Waals surface area contributed by atoms with E-state index in [4.69, 9.17) is 5.73 Å². The van der Waals surface area contributed by atoms with Crippen LogP contribution in [0.1, 0.15) is 22.3 Å². The summed E-state index contributed by atoms with van der Waals surface area (Å²) in [5.74, 6) is 0.454. The van der Waals surface area contributed by atoms with Gasteiger partial charge in [0, 0.05) is 15.8 Å². The first-order valence-electron chi connectivity index (χ1n) is 7.49. The van der Waals surface area contributed by atoms with E-state index in [1.165, 1.54) is 0 Å². The Hall–Kier alpha value is -2.01. The fraction of sp³-hybridized carbons (Fsp3) is 0.176. The molecule has 2 aromatic carbocycles. The van der Waals surface area contributed by atoms with Gasteiger partial charge in [-0.2, -0.15) is 31.4 Å². The third-order valence-corrected chi connectivity index (χ3v) is 4.84. The minimum Gasteiger partial charge on any atom is -0.377 e. The maximum Gasteiger partial charge on any atom is 0.417 e. The lowest BCUT2D eigenvalue weighted by Gasteiger charge is -2.15. The quantitative estimate of drug-likeness (QED) is 0.248. The van der Waals surface area contributed by atoms with E-state index >= 15 is 0 Å². The van der Waals surface area contributed by atoms with Gasteiger partial charge in [-0.3, -0.25) is 0 Å². The molecule has 0 amide bonds. The van der Waals surface area contributed by atoms with Gasteiger partial charge in [-0.25, -0.2) is 0 Å². The zero-order chi connectivity index (χ0) is 20.9. The lowest BCUT2D eigenvalue weighted by molar-refractivity contribution is -0.141. The number of hydrogen-bond acceptors (Lipinski definition) is 3. The van der Waals surface area contributed by atoms with E-state index in [0.29, 0.717) is 24.1 Å². The van der Waals surface area contributed by atoms with Crippen LogP contribution in [0.25, 0.3) is 0 Å². The largest absolute Gasteiger partial charge is 0.417 e. The topological polar surface area (TPSA) is 50.7 Å². The van der Waals surface area contributed by atoms with Crippen LogP contribution in [-0.4, -0.2) is 11.4 Å². The van der Waals surface area contributed by atoms with Crippen LogP contribution in [0.5, 0.6) is 0 Å². The molecule has 150 valence electrons. The highest BCUT2D eigenvalue weighted by Gasteiger charge is 2.38. The molecule has 0 saturated heterocycles. The number of benzene rings is 2. The molecule has 0 radical (unpaired) electrons. The zero-order valence-electron chi connectivity index (χ0n) is 13.9. The minimum atomic E-state index is -4.87. The van der Waals surface area contributed by atoms with Crippen LogP contribution in [0.4, 0.5) is 26.3 Å². The van der Waals surface area contributed by atoms with E-state index in [9.17, 15) is 26.3 Å². The van der Waals surface area contributed by atoms with E-state index < -0.39 is 33.5 Å². The minimum absolute atomic E-state index is 0.0400. The number of rotatable bonds is 4. The number of nitrogens with two attached hydrogens (primary N) is 1. The summed E-state index contributed by atoms with van der Waals surface area (Å²) in [6.45, 7) is 0. The number of amidine groups is 1. The predicted molar refractivity (Wildman–Crippen MR) is 101 cm³/mol.